The van der Waals surface area contributed by atoms with Crippen LogP contribution >= 0.6 is 7.67 Å². The second-order valence-corrected chi connectivity index (χ2v) is 15.5. The van der Waals surface area contributed by atoms with Gasteiger partial charge in [-0.3, -0.25) is 28.5 Å². The number of aliphatic hydroxyl groups is 2. The maximum atomic E-state index is 14.2. The fourth-order valence-electron chi connectivity index (χ4n) is 4.09. The van der Waals surface area contributed by atoms with Gasteiger partial charge in [0.05, 0.1) is 19.8 Å². The molecule has 1 saturated heterocycles. The molecule has 0 aliphatic carbocycles. The summed E-state index contributed by atoms with van der Waals surface area (Å²) in [5.74, 6) is -1.46. The van der Waals surface area contributed by atoms with Gasteiger partial charge in [0.2, 0.25) is 0 Å². The first-order chi connectivity index (χ1) is 20.6. The van der Waals surface area contributed by atoms with Crippen molar-refractivity contribution in [3.8, 4) is 0 Å². The van der Waals surface area contributed by atoms with Crippen LogP contribution in [0.5, 0.6) is 0 Å². The van der Waals surface area contributed by atoms with Crippen LogP contribution in [0.3, 0.4) is 0 Å². The molecular weight excluding hydrogens is 611 g/mol. The number of ether oxygens (including phenoxy) is 3. The van der Waals surface area contributed by atoms with Gasteiger partial charge in [-0.25, -0.2) is 15.0 Å². The second-order valence-electron chi connectivity index (χ2n) is 13.6. The van der Waals surface area contributed by atoms with E-state index in [-0.39, 0.29) is 24.0 Å². The molecule has 0 aromatic carbocycles. The highest BCUT2D eigenvalue weighted by molar-refractivity contribution is 7.54. The van der Waals surface area contributed by atoms with Crippen LogP contribution in [-0.4, -0.2) is 81.4 Å². The van der Waals surface area contributed by atoms with Gasteiger partial charge in [0.25, 0.3) is 5.56 Å². The van der Waals surface area contributed by atoms with Crippen molar-refractivity contribution in [2.45, 2.75) is 104 Å². The number of carbonyl (C=O) groups is 2. The number of aromatic amines is 1. The van der Waals surface area contributed by atoms with E-state index in [2.05, 4.69) is 16.8 Å². The fraction of sp³-hybridized carbons (Fsp3) is 0.724. The van der Waals surface area contributed by atoms with Crippen LogP contribution in [0.15, 0.2) is 34.5 Å². The summed E-state index contributed by atoms with van der Waals surface area (Å²) >= 11 is 0. The minimum Gasteiger partial charge on any atom is -0.465 e. The van der Waals surface area contributed by atoms with Crippen LogP contribution in [0.2, 0.25) is 0 Å². The molecule has 16 heteroatoms. The third-order valence-electron chi connectivity index (χ3n) is 7.03. The molecule has 45 heavy (non-hydrogen) atoms. The smallest absolute Gasteiger partial charge is 0.342 e. The summed E-state index contributed by atoms with van der Waals surface area (Å²) in [4.78, 5) is 51.4. The Bertz CT molecular complexity index is 1300. The Labute approximate surface area is 263 Å². The zero-order chi connectivity index (χ0) is 34.4. The SMILES string of the molecule is C=C[C@]1(COP(=O)(N[C@@H](C)C(=O)OCCC(C)(C)C)N[C@@H](C)C(=O)OCCC(C)(C)C)O[C@@H](n2ccc(=O)[nH]c2=O)[C@H](O)[C@@H]1O. The topological polar surface area (TPSA) is 208 Å². The maximum Gasteiger partial charge on any atom is 0.342 e. The van der Waals surface area contributed by atoms with Crippen LogP contribution in [0.25, 0.3) is 0 Å². The number of carbonyl (C=O) groups excluding carboxylic acids is 2. The average molecular weight is 661 g/mol. The van der Waals surface area contributed by atoms with Crippen molar-refractivity contribution in [1.82, 2.24) is 19.7 Å². The molecule has 0 spiro atoms. The van der Waals surface area contributed by atoms with E-state index in [1.165, 1.54) is 13.8 Å². The lowest BCUT2D eigenvalue weighted by atomic mass is 9.93. The van der Waals surface area contributed by atoms with Crippen LogP contribution in [0, 0.1) is 10.8 Å². The molecular formula is C29H49N4O11P. The molecule has 0 saturated carbocycles. The molecule has 6 atom stereocenters. The van der Waals surface area contributed by atoms with Crippen LogP contribution < -0.4 is 21.4 Å². The monoisotopic (exact) mass is 660 g/mol. The summed E-state index contributed by atoms with van der Waals surface area (Å²) in [7, 11) is -4.37. The number of rotatable bonds is 15. The number of aliphatic hydroxyl groups excluding tert-OH is 2. The van der Waals surface area contributed by atoms with Crippen molar-refractivity contribution >= 4 is 19.6 Å². The van der Waals surface area contributed by atoms with Gasteiger partial charge in [-0.15, -0.1) is 6.58 Å². The first kappa shape index (κ1) is 38.5. The van der Waals surface area contributed by atoms with Gasteiger partial charge in [0, 0.05) is 12.3 Å². The number of nitrogens with zero attached hydrogens (tertiary/aromatic N) is 1. The van der Waals surface area contributed by atoms with Crippen molar-refractivity contribution in [2.75, 3.05) is 19.8 Å². The van der Waals surface area contributed by atoms with Gasteiger partial charge in [0.1, 0.15) is 29.9 Å². The summed E-state index contributed by atoms with van der Waals surface area (Å²) in [6.45, 7) is 17.9. The lowest BCUT2D eigenvalue weighted by Gasteiger charge is -2.32. The summed E-state index contributed by atoms with van der Waals surface area (Å²) in [5.41, 5.74) is -3.71. The number of H-pyrrole nitrogens is 1. The predicted molar refractivity (Wildman–Crippen MR) is 165 cm³/mol. The maximum absolute atomic E-state index is 14.2. The van der Waals surface area contributed by atoms with E-state index in [0.29, 0.717) is 12.8 Å². The van der Waals surface area contributed by atoms with Gasteiger partial charge in [0.15, 0.2) is 6.23 Å². The molecule has 15 nitrogen and oxygen atoms in total. The molecule has 1 aromatic heterocycles. The van der Waals surface area contributed by atoms with E-state index in [1.54, 1.807) is 0 Å². The number of hydrogen-bond acceptors (Lipinski definition) is 11. The van der Waals surface area contributed by atoms with Crippen molar-refractivity contribution in [1.29, 1.82) is 0 Å². The minimum atomic E-state index is -4.37. The van der Waals surface area contributed by atoms with Gasteiger partial charge in [-0.2, -0.15) is 0 Å². The Hall–Kier alpha value is -2.65. The highest BCUT2D eigenvalue weighted by Crippen LogP contribution is 2.44. The summed E-state index contributed by atoms with van der Waals surface area (Å²) in [6.07, 6.45) is -1.59. The molecule has 256 valence electrons. The van der Waals surface area contributed by atoms with E-state index in [0.717, 1.165) is 22.9 Å². The Morgan fingerprint density at radius 2 is 1.56 bits per heavy atom. The van der Waals surface area contributed by atoms with E-state index < -0.39 is 73.6 Å². The number of nitrogens with one attached hydrogen (secondary N) is 3. The molecule has 0 radical (unpaired) electrons. The average Bonchev–Trinajstić information content (AvgIpc) is 3.16. The van der Waals surface area contributed by atoms with E-state index in [4.69, 9.17) is 18.7 Å². The van der Waals surface area contributed by atoms with Gasteiger partial charge in [-0.1, -0.05) is 47.6 Å². The summed E-state index contributed by atoms with van der Waals surface area (Å²) in [6, 6.07) is -1.33. The summed E-state index contributed by atoms with van der Waals surface area (Å²) < 4.78 is 37.2. The lowest BCUT2D eigenvalue weighted by Crippen LogP contribution is -2.47. The van der Waals surface area contributed by atoms with Gasteiger partial charge >= 0.3 is 25.3 Å². The Morgan fingerprint density at radius 3 is 1.98 bits per heavy atom. The second kappa shape index (κ2) is 15.3. The third-order valence-corrected chi connectivity index (χ3v) is 8.97. The van der Waals surface area contributed by atoms with Crippen LogP contribution in [-0.2, 0) is 32.9 Å². The molecule has 1 aliphatic rings. The van der Waals surface area contributed by atoms with E-state index in [1.807, 2.05) is 46.5 Å². The standard InChI is InChI=1S/C29H49N4O11P/c1-10-29(22(36)21(35)23(44-29)33-14-11-20(34)30-26(33)39)17-43-45(40,31-18(2)24(37)41-15-12-27(4,5)6)32-19(3)25(38)42-16-13-28(7,8)9/h10-11,14,18-19,21-23,35-36H,1,12-13,15-17H2,2-9H3,(H,30,34,39)(H2,31,32,40)/t18-,19-,21+,22-,23+,29+/m0/s1. The fourth-order valence-corrected chi connectivity index (χ4v) is 5.93. The van der Waals surface area contributed by atoms with Crippen LogP contribution in [0.1, 0.15) is 74.5 Å². The molecule has 1 fully saturated rings. The molecule has 2 rings (SSSR count). The zero-order valence-corrected chi connectivity index (χ0v) is 28.2. The quantitative estimate of drug-likeness (QED) is 0.103. The highest BCUT2D eigenvalue weighted by atomic mass is 31.2. The van der Waals surface area contributed by atoms with Gasteiger partial charge < -0.3 is 28.9 Å². The third kappa shape index (κ3) is 11.3. The normalized spacial score (nSPS) is 23.7. The van der Waals surface area contributed by atoms with Crippen molar-refractivity contribution in [3.05, 3.63) is 45.8 Å². The van der Waals surface area contributed by atoms with E-state index >= 15 is 0 Å². The van der Waals surface area contributed by atoms with Gasteiger partial charge in [-0.05, 0) is 37.5 Å². The molecule has 0 unspecified atom stereocenters. The molecule has 1 aromatic rings. The Morgan fingerprint density at radius 1 is 1.07 bits per heavy atom. The lowest BCUT2D eigenvalue weighted by molar-refractivity contribution is -0.146. The van der Waals surface area contributed by atoms with Crippen molar-refractivity contribution < 1.29 is 43.1 Å². The van der Waals surface area contributed by atoms with E-state index in [9.17, 15) is 34.0 Å². The number of esters is 2. The number of hydrogen-bond donors (Lipinski definition) is 5. The molecule has 5 N–H and O–H groups in total. The number of aromatic nitrogens is 2. The highest BCUT2D eigenvalue weighted by Gasteiger charge is 2.54. The van der Waals surface area contributed by atoms with Crippen LogP contribution in [0.4, 0.5) is 0 Å². The molecule has 0 bridgehead atoms. The van der Waals surface area contributed by atoms with Crippen molar-refractivity contribution in [3.63, 3.8) is 0 Å². The Kier molecular flexibility index (Phi) is 13.1. The molecule has 2 heterocycles. The first-order valence-corrected chi connectivity index (χ1v) is 16.4. The summed E-state index contributed by atoms with van der Waals surface area (Å²) in [5, 5.41) is 26.9. The largest absolute Gasteiger partial charge is 0.465 e. The molecule has 0 amide bonds. The Balaban J connectivity index is 2.28. The first-order valence-electron chi connectivity index (χ1n) is 14.7. The van der Waals surface area contributed by atoms with Crippen molar-refractivity contribution in [2.24, 2.45) is 10.8 Å². The molecule has 1 aliphatic heterocycles. The predicted octanol–water partition coefficient (Wildman–Crippen LogP) is 1.75. The zero-order valence-electron chi connectivity index (χ0n) is 27.3. The minimum absolute atomic E-state index is 0.0938.